The van der Waals surface area contributed by atoms with Gasteiger partial charge in [-0.1, -0.05) is 24.3 Å². The molecule has 0 aliphatic carbocycles. The highest BCUT2D eigenvalue weighted by Gasteiger charge is 2.23. The predicted octanol–water partition coefficient (Wildman–Crippen LogP) is 3.52. The zero-order chi connectivity index (χ0) is 14.8. The zero-order valence-electron chi connectivity index (χ0n) is 12.0. The van der Waals surface area contributed by atoms with E-state index in [1.165, 1.54) is 4.31 Å². The van der Waals surface area contributed by atoms with E-state index in [9.17, 15) is 8.42 Å². The molecule has 3 nitrogen and oxygen atoms in total. The fourth-order valence-corrected chi connectivity index (χ4v) is 3.58. The third kappa shape index (κ3) is 2.70. The molecule has 4 heteroatoms. The van der Waals surface area contributed by atoms with Gasteiger partial charge < -0.3 is 0 Å². The summed E-state index contributed by atoms with van der Waals surface area (Å²) >= 11 is 0. The summed E-state index contributed by atoms with van der Waals surface area (Å²) in [4.78, 5) is 0.320. The van der Waals surface area contributed by atoms with Gasteiger partial charge >= 0.3 is 0 Å². The largest absolute Gasteiger partial charge is 0.267 e. The molecule has 0 aliphatic rings. The zero-order valence-corrected chi connectivity index (χ0v) is 12.8. The van der Waals surface area contributed by atoms with Crippen LogP contribution in [-0.2, 0) is 10.0 Å². The highest BCUT2D eigenvalue weighted by Crippen LogP contribution is 2.25. The predicted molar refractivity (Wildman–Crippen MR) is 82.6 cm³/mol. The SMILES string of the molecule is CCN(c1ccc(C)c(C)c1)S(=O)(=O)c1ccccc1. The summed E-state index contributed by atoms with van der Waals surface area (Å²) in [6.07, 6.45) is 0. The minimum Gasteiger partial charge on any atom is -0.267 e. The number of nitrogens with zero attached hydrogens (tertiary/aromatic N) is 1. The van der Waals surface area contributed by atoms with Crippen molar-refractivity contribution in [1.82, 2.24) is 0 Å². The van der Waals surface area contributed by atoms with Gasteiger partial charge in [-0.05, 0) is 56.2 Å². The third-order valence-electron chi connectivity index (χ3n) is 3.40. The second-order valence-corrected chi connectivity index (χ2v) is 6.61. The van der Waals surface area contributed by atoms with E-state index < -0.39 is 10.0 Å². The van der Waals surface area contributed by atoms with Crippen LogP contribution in [0.2, 0.25) is 0 Å². The first-order chi connectivity index (χ1) is 9.46. The maximum absolute atomic E-state index is 12.7. The highest BCUT2D eigenvalue weighted by atomic mass is 32.2. The molecule has 0 atom stereocenters. The maximum Gasteiger partial charge on any atom is 0.264 e. The molecule has 0 saturated heterocycles. The van der Waals surface area contributed by atoms with E-state index in [4.69, 9.17) is 0 Å². The highest BCUT2D eigenvalue weighted by molar-refractivity contribution is 7.92. The van der Waals surface area contributed by atoms with Crippen molar-refractivity contribution in [3.63, 3.8) is 0 Å². The number of rotatable bonds is 4. The molecule has 0 saturated carbocycles. The van der Waals surface area contributed by atoms with Gasteiger partial charge in [0.15, 0.2) is 0 Å². The lowest BCUT2D eigenvalue weighted by molar-refractivity contribution is 0.592. The number of hydrogen-bond donors (Lipinski definition) is 0. The summed E-state index contributed by atoms with van der Waals surface area (Å²) in [5.74, 6) is 0. The summed E-state index contributed by atoms with van der Waals surface area (Å²) < 4.78 is 26.8. The van der Waals surface area contributed by atoms with Crippen LogP contribution in [0.25, 0.3) is 0 Å². The Morgan fingerprint density at radius 3 is 2.15 bits per heavy atom. The van der Waals surface area contributed by atoms with Gasteiger partial charge in [0.2, 0.25) is 0 Å². The molecule has 0 aromatic heterocycles. The number of sulfonamides is 1. The van der Waals surface area contributed by atoms with Gasteiger partial charge in [0, 0.05) is 6.54 Å². The molecule has 20 heavy (non-hydrogen) atoms. The van der Waals surface area contributed by atoms with Crippen LogP contribution in [0.15, 0.2) is 53.4 Å². The minimum atomic E-state index is -3.50. The number of aryl methyl sites for hydroxylation is 2. The Morgan fingerprint density at radius 1 is 0.950 bits per heavy atom. The average molecular weight is 289 g/mol. The van der Waals surface area contributed by atoms with E-state index in [0.717, 1.165) is 11.1 Å². The first-order valence-corrected chi connectivity index (χ1v) is 8.06. The van der Waals surface area contributed by atoms with E-state index >= 15 is 0 Å². The van der Waals surface area contributed by atoms with Crippen LogP contribution in [0, 0.1) is 13.8 Å². The van der Waals surface area contributed by atoms with E-state index in [1.54, 1.807) is 24.3 Å². The summed E-state index contributed by atoms with van der Waals surface area (Å²) in [5.41, 5.74) is 2.95. The summed E-state index contributed by atoms with van der Waals surface area (Å²) in [6.45, 7) is 6.25. The van der Waals surface area contributed by atoms with E-state index in [0.29, 0.717) is 17.1 Å². The average Bonchev–Trinajstić information content (AvgIpc) is 2.44. The lowest BCUT2D eigenvalue weighted by atomic mass is 10.1. The fraction of sp³-hybridized carbons (Fsp3) is 0.250. The fourth-order valence-electron chi connectivity index (χ4n) is 2.09. The van der Waals surface area contributed by atoms with Gasteiger partial charge in [-0.15, -0.1) is 0 Å². The van der Waals surface area contributed by atoms with Gasteiger partial charge in [-0.25, -0.2) is 8.42 Å². The molecule has 106 valence electrons. The van der Waals surface area contributed by atoms with Crippen molar-refractivity contribution in [2.24, 2.45) is 0 Å². The van der Waals surface area contributed by atoms with Gasteiger partial charge in [0.05, 0.1) is 10.6 Å². The topological polar surface area (TPSA) is 37.4 Å². The molecule has 2 aromatic rings. The minimum absolute atomic E-state index is 0.320. The second-order valence-electron chi connectivity index (χ2n) is 4.75. The number of hydrogen-bond acceptors (Lipinski definition) is 2. The monoisotopic (exact) mass is 289 g/mol. The van der Waals surface area contributed by atoms with Crippen molar-refractivity contribution < 1.29 is 8.42 Å². The molecule has 0 spiro atoms. The molecule has 0 amide bonds. The molecule has 0 unspecified atom stereocenters. The summed E-state index contributed by atoms with van der Waals surface area (Å²) in [6, 6.07) is 14.3. The lowest BCUT2D eigenvalue weighted by Crippen LogP contribution is -2.30. The Hall–Kier alpha value is -1.81. The van der Waals surface area contributed by atoms with E-state index in [2.05, 4.69) is 0 Å². The Morgan fingerprint density at radius 2 is 1.60 bits per heavy atom. The smallest absolute Gasteiger partial charge is 0.264 e. The molecule has 0 radical (unpaired) electrons. The van der Waals surface area contributed by atoms with Crippen LogP contribution in [0.5, 0.6) is 0 Å². The number of anilines is 1. The molecule has 2 rings (SSSR count). The second kappa shape index (κ2) is 5.67. The summed E-state index contributed by atoms with van der Waals surface area (Å²) in [5, 5.41) is 0. The van der Waals surface area contributed by atoms with Crippen molar-refractivity contribution in [3.8, 4) is 0 Å². The standard InChI is InChI=1S/C16H19NO2S/c1-4-17(15-11-10-13(2)14(3)12-15)20(18,19)16-8-6-5-7-9-16/h5-12H,4H2,1-3H3. The molecular formula is C16H19NO2S. The van der Waals surface area contributed by atoms with Crippen molar-refractivity contribution in [2.75, 3.05) is 10.8 Å². The van der Waals surface area contributed by atoms with E-state index in [-0.39, 0.29) is 0 Å². The van der Waals surface area contributed by atoms with Crippen molar-refractivity contribution in [1.29, 1.82) is 0 Å². The Bertz CT molecular complexity index is 694. The van der Waals surface area contributed by atoms with Gasteiger partial charge in [-0.3, -0.25) is 4.31 Å². The van der Waals surface area contributed by atoms with Crippen molar-refractivity contribution >= 4 is 15.7 Å². The number of benzene rings is 2. The van der Waals surface area contributed by atoms with E-state index in [1.807, 2.05) is 45.0 Å². The van der Waals surface area contributed by atoms with Gasteiger partial charge in [-0.2, -0.15) is 0 Å². The first kappa shape index (κ1) is 14.6. The van der Waals surface area contributed by atoms with Gasteiger partial charge in [0.25, 0.3) is 10.0 Å². The maximum atomic E-state index is 12.7. The normalized spacial score (nSPS) is 11.3. The van der Waals surface area contributed by atoms with Crippen molar-refractivity contribution in [2.45, 2.75) is 25.7 Å². The molecule has 0 fully saturated rings. The van der Waals surface area contributed by atoms with Crippen LogP contribution in [0.3, 0.4) is 0 Å². The quantitative estimate of drug-likeness (QED) is 0.863. The van der Waals surface area contributed by atoms with Gasteiger partial charge in [0.1, 0.15) is 0 Å². The van der Waals surface area contributed by atoms with Crippen LogP contribution >= 0.6 is 0 Å². The molecule has 0 aliphatic heterocycles. The third-order valence-corrected chi connectivity index (χ3v) is 5.31. The molecular weight excluding hydrogens is 270 g/mol. The molecule has 0 heterocycles. The first-order valence-electron chi connectivity index (χ1n) is 6.62. The molecule has 0 bridgehead atoms. The Kier molecular flexibility index (Phi) is 4.14. The molecule has 2 aromatic carbocycles. The Balaban J connectivity index is 2.49. The van der Waals surface area contributed by atoms with Crippen LogP contribution in [0.1, 0.15) is 18.1 Å². The lowest BCUT2D eigenvalue weighted by Gasteiger charge is -2.23. The summed E-state index contributed by atoms with van der Waals surface area (Å²) in [7, 11) is -3.50. The van der Waals surface area contributed by atoms with Crippen LogP contribution < -0.4 is 4.31 Å². The Labute approximate surface area is 120 Å². The molecule has 0 N–H and O–H groups in total. The van der Waals surface area contributed by atoms with Crippen LogP contribution in [-0.4, -0.2) is 15.0 Å². The van der Waals surface area contributed by atoms with Crippen LogP contribution in [0.4, 0.5) is 5.69 Å². The van der Waals surface area contributed by atoms with Crippen molar-refractivity contribution in [3.05, 3.63) is 59.7 Å².